The first kappa shape index (κ1) is 17.3. The predicted molar refractivity (Wildman–Crippen MR) is 101 cm³/mol. The number of aryl methyl sites for hydroxylation is 2. The van der Waals surface area contributed by atoms with Gasteiger partial charge in [-0.05, 0) is 32.4 Å². The molecule has 1 fully saturated rings. The van der Waals surface area contributed by atoms with Crippen molar-refractivity contribution in [1.82, 2.24) is 15.4 Å². The quantitative estimate of drug-likeness (QED) is 0.683. The summed E-state index contributed by atoms with van der Waals surface area (Å²) in [4.78, 5) is 9.20. The molecule has 3 rings (SSSR count). The number of aromatic nitrogens is 1. The molecular weight excluding hydrogens is 314 g/mol. The molecule has 2 heterocycles. The second-order valence-corrected chi connectivity index (χ2v) is 6.34. The zero-order valence-electron chi connectivity index (χ0n) is 15.3. The summed E-state index contributed by atoms with van der Waals surface area (Å²) < 4.78 is 5.23. The van der Waals surface area contributed by atoms with Crippen LogP contribution in [0.3, 0.4) is 0 Å². The third kappa shape index (κ3) is 4.13. The molecule has 0 spiro atoms. The van der Waals surface area contributed by atoms with Gasteiger partial charge in [-0.25, -0.2) is 0 Å². The van der Waals surface area contributed by atoms with Crippen LogP contribution in [-0.4, -0.2) is 55.8 Å². The van der Waals surface area contributed by atoms with E-state index in [0.29, 0.717) is 0 Å². The van der Waals surface area contributed by atoms with Gasteiger partial charge in [0, 0.05) is 51.0 Å². The van der Waals surface area contributed by atoms with Gasteiger partial charge in [-0.3, -0.25) is 4.99 Å². The van der Waals surface area contributed by atoms with Gasteiger partial charge in [-0.1, -0.05) is 23.4 Å². The van der Waals surface area contributed by atoms with Crippen LogP contribution in [-0.2, 0) is 6.42 Å². The summed E-state index contributed by atoms with van der Waals surface area (Å²) in [6.45, 7) is 8.74. The van der Waals surface area contributed by atoms with Gasteiger partial charge < -0.3 is 19.6 Å². The van der Waals surface area contributed by atoms with Crippen molar-refractivity contribution in [3.8, 4) is 0 Å². The number of guanidine groups is 1. The number of nitrogens with zero attached hydrogens (tertiary/aromatic N) is 4. The fourth-order valence-electron chi connectivity index (χ4n) is 3.31. The molecule has 0 saturated carbocycles. The lowest BCUT2D eigenvalue weighted by Crippen LogP contribution is -2.52. The van der Waals surface area contributed by atoms with E-state index in [9.17, 15) is 0 Å². The monoisotopic (exact) mass is 341 g/mol. The number of aliphatic imine (C=N–C) groups is 1. The van der Waals surface area contributed by atoms with E-state index in [1.807, 2.05) is 20.9 Å². The van der Waals surface area contributed by atoms with Gasteiger partial charge in [0.2, 0.25) is 0 Å². The summed E-state index contributed by atoms with van der Waals surface area (Å²) in [5.41, 5.74) is 3.46. The van der Waals surface area contributed by atoms with Crippen molar-refractivity contribution in [2.24, 2.45) is 4.99 Å². The molecular formula is C19H27N5O. The Morgan fingerprint density at radius 2 is 1.88 bits per heavy atom. The minimum absolute atomic E-state index is 0.828. The van der Waals surface area contributed by atoms with Crippen molar-refractivity contribution in [1.29, 1.82) is 0 Å². The Kier molecular flexibility index (Phi) is 5.58. The van der Waals surface area contributed by atoms with Gasteiger partial charge in [0.05, 0.1) is 5.69 Å². The van der Waals surface area contributed by atoms with Crippen molar-refractivity contribution in [2.45, 2.75) is 20.3 Å². The molecule has 1 N–H and O–H groups in total. The number of anilines is 1. The number of hydrogen-bond donors (Lipinski definition) is 1. The maximum absolute atomic E-state index is 5.23. The number of nitrogens with one attached hydrogen (secondary N) is 1. The Hall–Kier alpha value is -2.50. The lowest BCUT2D eigenvalue weighted by molar-refractivity contribution is 0.373. The molecule has 6 heteroatoms. The highest BCUT2D eigenvalue weighted by molar-refractivity contribution is 5.80. The molecule has 0 aliphatic carbocycles. The fourth-order valence-corrected chi connectivity index (χ4v) is 3.31. The minimum atomic E-state index is 0.828. The van der Waals surface area contributed by atoms with Crippen molar-refractivity contribution >= 4 is 11.6 Å². The zero-order chi connectivity index (χ0) is 17.6. The molecule has 1 aliphatic rings. The average molecular weight is 341 g/mol. The van der Waals surface area contributed by atoms with Gasteiger partial charge in [-0.2, -0.15) is 0 Å². The molecule has 0 amide bonds. The van der Waals surface area contributed by atoms with E-state index in [1.54, 1.807) is 0 Å². The van der Waals surface area contributed by atoms with Crippen molar-refractivity contribution in [3.63, 3.8) is 0 Å². The van der Waals surface area contributed by atoms with E-state index in [2.05, 4.69) is 55.6 Å². The van der Waals surface area contributed by atoms with Crippen LogP contribution in [0.1, 0.15) is 17.0 Å². The normalized spacial score (nSPS) is 15.6. The lowest BCUT2D eigenvalue weighted by Gasteiger charge is -2.37. The summed E-state index contributed by atoms with van der Waals surface area (Å²) in [5.74, 6) is 1.88. The molecule has 2 aromatic rings. The molecule has 1 aromatic heterocycles. The van der Waals surface area contributed by atoms with E-state index in [-0.39, 0.29) is 0 Å². The Morgan fingerprint density at radius 1 is 1.16 bits per heavy atom. The standard InChI is InChI=1S/C19H27N5O/c1-15-18(16(2)25-22-15)9-10-21-19(20-3)24-13-11-23(12-14-24)17-7-5-4-6-8-17/h4-8H,9-14H2,1-3H3,(H,20,21). The first-order valence-corrected chi connectivity index (χ1v) is 8.86. The number of rotatable bonds is 4. The molecule has 1 aliphatic heterocycles. The fraction of sp³-hybridized carbons (Fsp3) is 0.474. The van der Waals surface area contributed by atoms with Gasteiger partial charge in [-0.15, -0.1) is 0 Å². The van der Waals surface area contributed by atoms with Crippen molar-refractivity contribution in [3.05, 3.63) is 47.3 Å². The second-order valence-electron chi connectivity index (χ2n) is 6.34. The molecule has 0 unspecified atom stereocenters. The van der Waals surface area contributed by atoms with Crippen LogP contribution >= 0.6 is 0 Å². The molecule has 25 heavy (non-hydrogen) atoms. The Bertz CT molecular complexity index is 682. The van der Waals surface area contributed by atoms with Gasteiger partial charge in [0.15, 0.2) is 5.96 Å². The SMILES string of the molecule is CN=C(NCCc1c(C)noc1C)N1CCN(c2ccccc2)CC1. The maximum atomic E-state index is 5.23. The molecule has 1 aromatic carbocycles. The maximum Gasteiger partial charge on any atom is 0.193 e. The summed E-state index contributed by atoms with van der Waals surface area (Å²) in [6.07, 6.45) is 0.893. The van der Waals surface area contributed by atoms with E-state index in [0.717, 1.165) is 56.6 Å². The summed E-state index contributed by atoms with van der Waals surface area (Å²) in [7, 11) is 1.85. The molecule has 134 valence electrons. The molecule has 1 saturated heterocycles. The van der Waals surface area contributed by atoms with E-state index in [4.69, 9.17) is 4.52 Å². The predicted octanol–water partition coefficient (Wildman–Crippen LogP) is 2.23. The minimum Gasteiger partial charge on any atom is -0.368 e. The third-order valence-corrected chi connectivity index (χ3v) is 4.75. The summed E-state index contributed by atoms with van der Waals surface area (Å²) >= 11 is 0. The van der Waals surface area contributed by atoms with E-state index < -0.39 is 0 Å². The summed E-state index contributed by atoms with van der Waals surface area (Å²) in [6, 6.07) is 10.6. The largest absolute Gasteiger partial charge is 0.368 e. The zero-order valence-corrected chi connectivity index (χ0v) is 15.3. The molecule has 0 atom stereocenters. The number of para-hydroxylation sites is 1. The highest BCUT2D eigenvalue weighted by Gasteiger charge is 2.19. The highest BCUT2D eigenvalue weighted by atomic mass is 16.5. The lowest BCUT2D eigenvalue weighted by atomic mass is 10.1. The number of piperazine rings is 1. The molecule has 0 radical (unpaired) electrons. The van der Waals surface area contributed by atoms with Crippen LogP contribution in [0.5, 0.6) is 0 Å². The Morgan fingerprint density at radius 3 is 2.48 bits per heavy atom. The van der Waals surface area contributed by atoms with Gasteiger partial charge in [0.1, 0.15) is 5.76 Å². The average Bonchev–Trinajstić information content (AvgIpc) is 2.98. The molecule has 6 nitrogen and oxygen atoms in total. The first-order chi connectivity index (χ1) is 12.2. The highest BCUT2D eigenvalue weighted by Crippen LogP contribution is 2.16. The smallest absolute Gasteiger partial charge is 0.193 e. The van der Waals surface area contributed by atoms with Crippen LogP contribution in [0.4, 0.5) is 5.69 Å². The first-order valence-electron chi connectivity index (χ1n) is 8.86. The van der Waals surface area contributed by atoms with Gasteiger partial charge >= 0.3 is 0 Å². The van der Waals surface area contributed by atoms with Crippen LogP contribution < -0.4 is 10.2 Å². The Labute approximate surface area is 149 Å². The van der Waals surface area contributed by atoms with Crippen LogP contribution in [0.25, 0.3) is 0 Å². The van der Waals surface area contributed by atoms with Crippen LogP contribution in [0.2, 0.25) is 0 Å². The number of hydrogen-bond acceptors (Lipinski definition) is 4. The van der Waals surface area contributed by atoms with E-state index >= 15 is 0 Å². The molecule has 0 bridgehead atoms. The van der Waals surface area contributed by atoms with E-state index in [1.165, 1.54) is 11.3 Å². The third-order valence-electron chi connectivity index (χ3n) is 4.75. The van der Waals surface area contributed by atoms with Crippen LogP contribution in [0.15, 0.2) is 39.8 Å². The topological polar surface area (TPSA) is 56.9 Å². The van der Waals surface area contributed by atoms with Crippen molar-refractivity contribution < 1.29 is 4.52 Å². The van der Waals surface area contributed by atoms with Crippen molar-refractivity contribution in [2.75, 3.05) is 44.7 Å². The van der Waals surface area contributed by atoms with Gasteiger partial charge in [0.25, 0.3) is 0 Å². The second kappa shape index (κ2) is 8.05. The van der Waals surface area contributed by atoms with Crippen LogP contribution in [0, 0.1) is 13.8 Å². The number of benzene rings is 1. The Balaban J connectivity index is 1.49. The summed E-state index contributed by atoms with van der Waals surface area (Å²) in [5, 5.41) is 7.49.